The second-order valence-electron chi connectivity index (χ2n) is 4.94. The fourth-order valence-corrected chi connectivity index (χ4v) is 2.28. The summed E-state index contributed by atoms with van der Waals surface area (Å²) in [5.41, 5.74) is 0.683. The summed E-state index contributed by atoms with van der Waals surface area (Å²) in [6, 6.07) is 3.85. The zero-order chi connectivity index (χ0) is 14.1. The van der Waals surface area contributed by atoms with Crippen LogP contribution >= 0.6 is 0 Å². The van der Waals surface area contributed by atoms with Crippen LogP contribution < -0.4 is 15.4 Å². The van der Waals surface area contributed by atoms with Gasteiger partial charge in [0.15, 0.2) is 0 Å². The Morgan fingerprint density at radius 3 is 2.95 bits per heavy atom. The van der Waals surface area contributed by atoms with Gasteiger partial charge in [0.1, 0.15) is 11.6 Å². The fourth-order valence-electron chi connectivity index (χ4n) is 2.28. The predicted octanol–water partition coefficient (Wildman–Crippen LogP) is 0.193. The van der Waals surface area contributed by atoms with Crippen molar-refractivity contribution in [3.8, 4) is 0 Å². The van der Waals surface area contributed by atoms with Crippen molar-refractivity contribution in [2.24, 2.45) is 0 Å². The minimum absolute atomic E-state index is 0.175. The first kappa shape index (κ1) is 12.6. The number of nitrogens with zero attached hydrogens (tertiary/aromatic N) is 5. The molecule has 1 fully saturated rings. The van der Waals surface area contributed by atoms with Crippen LogP contribution in [0.3, 0.4) is 0 Å². The van der Waals surface area contributed by atoms with Gasteiger partial charge in [-0.15, -0.1) is 0 Å². The van der Waals surface area contributed by atoms with E-state index in [1.54, 1.807) is 18.5 Å². The lowest BCUT2D eigenvalue weighted by Crippen LogP contribution is -2.59. The minimum Gasteiger partial charge on any atom is -0.366 e. The Labute approximate surface area is 116 Å². The Balaban J connectivity index is 1.67. The van der Waals surface area contributed by atoms with E-state index >= 15 is 0 Å². The molecule has 104 valence electrons. The van der Waals surface area contributed by atoms with Crippen molar-refractivity contribution in [2.75, 3.05) is 29.9 Å². The summed E-state index contributed by atoms with van der Waals surface area (Å²) in [6.07, 6.45) is 3.44. The number of aryl methyl sites for hydroxylation is 1. The molecule has 7 heteroatoms. The largest absolute Gasteiger partial charge is 0.366 e. The maximum Gasteiger partial charge on any atom is 0.266 e. The third-order valence-corrected chi connectivity index (χ3v) is 3.55. The molecule has 1 aliphatic heterocycles. The van der Waals surface area contributed by atoms with Gasteiger partial charge in [-0.1, -0.05) is 0 Å². The van der Waals surface area contributed by atoms with E-state index in [2.05, 4.69) is 30.0 Å². The molecule has 2 aromatic heterocycles. The number of likely N-dealkylation sites (N-methyl/N-ethyl adjacent to an activating group) is 1. The second kappa shape index (κ2) is 4.92. The van der Waals surface area contributed by atoms with Gasteiger partial charge in [-0.3, -0.25) is 4.79 Å². The summed E-state index contributed by atoms with van der Waals surface area (Å²) in [5, 5.41) is 6.19. The lowest BCUT2D eigenvalue weighted by Gasteiger charge is -2.45. The molecule has 7 nitrogen and oxygen atoms in total. The highest BCUT2D eigenvalue weighted by atomic mass is 16.1. The number of aromatic nitrogens is 4. The molecule has 1 aliphatic rings. The number of hydrogen-bond acceptors (Lipinski definition) is 6. The van der Waals surface area contributed by atoms with Crippen molar-refractivity contribution in [3.05, 3.63) is 40.7 Å². The van der Waals surface area contributed by atoms with E-state index in [9.17, 15) is 4.79 Å². The van der Waals surface area contributed by atoms with Gasteiger partial charge < -0.3 is 9.80 Å². The van der Waals surface area contributed by atoms with Gasteiger partial charge in [0.05, 0.1) is 17.9 Å². The average Bonchev–Trinajstić information content (AvgIpc) is 2.37. The Hall–Kier alpha value is -2.44. The normalized spacial score (nSPS) is 15.0. The van der Waals surface area contributed by atoms with E-state index in [4.69, 9.17) is 0 Å². The maximum absolute atomic E-state index is 11.2. The number of aromatic amines is 1. The molecule has 0 aromatic carbocycles. The first-order valence-corrected chi connectivity index (χ1v) is 6.45. The lowest BCUT2D eigenvalue weighted by molar-refractivity contribution is 0.492. The molecule has 0 spiro atoms. The standard InChI is InChI=1S/C13H16N6O/c1-9-14-4-3-12(16-9)18(2)11-7-19(8-11)10-5-13(20)17-15-6-10/h3-6,11H,7-8H2,1-2H3,(H,17,20). The van der Waals surface area contributed by atoms with Gasteiger partial charge in [-0.25, -0.2) is 15.1 Å². The topological polar surface area (TPSA) is 78.0 Å². The van der Waals surface area contributed by atoms with Crippen LogP contribution in [0.25, 0.3) is 0 Å². The van der Waals surface area contributed by atoms with Crippen molar-refractivity contribution in [3.63, 3.8) is 0 Å². The SMILES string of the molecule is Cc1nccc(N(C)C2CN(c3cn[nH]c(=O)c3)C2)n1. The molecule has 1 saturated heterocycles. The van der Waals surface area contributed by atoms with E-state index in [-0.39, 0.29) is 5.56 Å². The quantitative estimate of drug-likeness (QED) is 0.859. The zero-order valence-electron chi connectivity index (χ0n) is 11.4. The van der Waals surface area contributed by atoms with Gasteiger partial charge >= 0.3 is 0 Å². The van der Waals surface area contributed by atoms with Crippen molar-refractivity contribution in [1.82, 2.24) is 20.2 Å². The third-order valence-electron chi connectivity index (χ3n) is 3.55. The minimum atomic E-state index is -0.175. The molecule has 2 aromatic rings. The number of H-pyrrole nitrogens is 1. The highest BCUT2D eigenvalue weighted by molar-refractivity contribution is 5.50. The van der Waals surface area contributed by atoms with Crippen molar-refractivity contribution < 1.29 is 0 Å². The first-order chi connectivity index (χ1) is 9.63. The molecule has 0 saturated carbocycles. The Morgan fingerprint density at radius 1 is 1.45 bits per heavy atom. The molecule has 0 unspecified atom stereocenters. The summed E-state index contributed by atoms with van der Waals surface area (Å²) in [4.78, 5) is 24.0. The summed E-state index contributed by atoms with van der Waals surface area (Å²) >= 11 is 0. The van der Waals surface area contributed by atoms with Crippen LogP contribution in [0, 0.1) is 6.92 Å². The monoisotopic (exact) mass is 272 g/mol. The van der Waals surface area contributed by atoms with Crippen LogP contribution in [-0.2, 0) is 0 Å². The van der Waals surface area contributed by atoms with Crippen LogP contribution in [-0.4, -0.2) is 46.3 Å². The summed E-state index contributed by atoms with van der Waals surface area (Å²) in [5.74, 6) is 1.69. The summed E-state index contributed by atoms with van der Waals surface area (Å²) < 4.78 is 0. The average molecular weight is 272 g/mol. The van der Waals surface area contributed by atoms with Gasteiger partial charge in [-0.2, -0.15) is 5.10 Å². The van der Waals surface area contributed by atoms with E-state index in [0.29, 0.717) is 6.04 Å². The van der Waals surface area contributed by atoms with Crippen molar-refractivity contribution in [2.45, 2.75) is 13.0 Å². The van der Waals surface area contributed by atoms with Crippen molar-refractivity contribution >= 4 is 11.5 Å². The third kappa shape index (κ3) is 2.34. The summed E-state index contributed by atoms with van der Waals surface area (Å²) in [7, 11) is 2.03. The van der Waals surface area contributed by atoms with Crippen molar-refractivity contribution in [1.29, 1.82) is 0 Å². The molecule has 3 heterocycles. The first-order valence-electron chi connectivity index (χ1n) is 6.45. The molecule has 1 N–H and O–H groups in total. The molecule has 0 bridgehead atoms. The van der Waals surface area contributed by atoms with E-state index in [1.165, 1.54) is 0 Å². The maximum atomic E-state index is 11.2. The number of rotatable bonds is 3. The van der Waals surface area contributed by atoms with Gasteiger partial charge in [0.25, 0.3) is 5.56 Å². The molecule has 20 heavy (non-hydrogen) atoms. The second-order valence-corrected chi connectivity index (χ2v) is 4.94. The zero-order valence-corrected chi connectivity index (χ0v) is 11.4. The van der Waals surface area contributed by atoms with Gasteiger partial charge in [-0.05, 0) is 13.0 Å². The Kier molecular flexibility index (Phi) is 3.09. The van der Waals surface area contributed by atoms with Gasteiger partial charge in [0.2, 0.25) is 0 Å². The smallest absolute Gasteiger partial charge is 0.266 e. The fraction of sp³-hybridized carbons (Fsp3) is 0.385. The van der Waals surface area contributed by atoms with Crippen LogP contribution in [0.4, 0.5) is 11.5 Å². The highest BCUT2D eigenvalue weighted by Crippen LogP contribution is 2.23. The number of nitrogens with one attached hydrogen (secondary N) is 1. The molecule has 3 rings (SSSR count). The molecule has 0 aliphatic carbocycles. The molecule has 0 atom stereocenters. The highest BCUT2D eigenvalue weighted by Gasteiger charge is 2.31. The van der Waals surface area contributed by atoms with Gasteiger partial charge in [0, 0.05) is 32.4 Å². The van der Waals surface area contributed by atoms with Crippen LogP contribution in [0.1, 0.15) is 5.82 Å². The summed E-state index contributed by atoms with van der Waals surface area (Å²) in [6.45, 7) is 3.59. The van der Waals surface area contributed by atoms with Crippen LogP contribution in [0.15, 0.2) is 29.3 Å². The van der Waals surface area contributed by atoms with Crippen LogP contribution in [0.2, 0.25) is 0 Å². The van der Waals surface area contributed by atoms with E-state index in [0.717, 1.165) is 30.4 Å². The Morgan fingerprint density at radius 2 is 2.25 bits per heavy atom. The lowest BCUT2D eigenvalue weighted by atomic mass is 10.1. The van der Waals surface area contributed by atoms with Crippen LogP contribution in [0.5, 0.6) is 0 Å². The Bertz CT molecular complexity index is 664. The molecule has 0 amide bonds. The number of anilines is 2. The molecular weight excluding hydrogens is 256 g/mol. The molecular formula is C13H16N6O. The van der Waals surface area contributed by atoms with E-state index in [1.807, 2.05) is 20.0 Å². The predicted molar refractivity (Wildman–Crippen MR) is 76.0 cm³/mol. The van der Waals surface area contributed by atoms with E-state index < -0.39 is 0 Å². The number of hydrogen-bond donors (Lipinski definition) is 1. The molecule has 0 radical (unpaired) electrons.